The first-order valence-corrected chi connectivity index (χ1v) is 6.03. The lowest BCUT2D eigenvalue weighted by Crippen LogP contribution is -2.13. The highest BCUT2D eigenvalue weighted by Crippen LogP contribution is 2.30. The minimum Gasteiger partial charge on any atom is -0.225 e. The number of sulfonamides is 1. The Balaban J connectivity index is 3.62. The Bertz CT molecular complexity index is 444. The van der Waals surface area contributed by atoms with Gasteiger partial charge in [-0.25, -0.2) is 13.6 Å². The molecular formula is C7H7BrClNO2S. The van der Waals surface area contributed by atoms with Gasteiger partial charge in [0.2, 0.25) is 10.0 Å². The van der Waals surface area contributed by atoms with Crippen LogP contribution < -0.4 is 5.14 Å². The summed E-state index contributed by atoms with van der Waals surface area (Å²) < 4.78 is 22.6. The molecule has 0 amide bonds. The fourth-order valence-corrected chi connectivity index (χ4v) is 3.26. The maximum atomic E-state index is 11.1. The summed E-state index contributed by atoms with van der Waals surface area (Å²) in [5.41, 5.74) is 0.772. The molecule has 0 unspecified atom stereocenters. The van der Waals surface area contributed by atoms with Gasteiger partial charge in [0.05, 0.1) is 5.02 Å². The van der Waals surface area contributed by atoms with E-state index < -0.39 is 10.0 Å². The Labute approximate surface area is 90.1 Å². The van der Waals surface area contributed by atoms with Gasteiger partial charge >= 0.3 is 0 Å². The maximum Gasteiger partial charge on any atom is 0.240 e. The Morgan fingerprint density at radius 1 is 1.46 bits per heavy atom. The molecule has 0 saturated carbocycles. The lowest BCUT2D eigenvalue weighted by atomic mass is 10.2. The van der Waals surface area contributed by atoms with Crippen LogP contribution >= 0.6 is 27.5 Å². The van der Waals surface area contributed by atoms with Gasteiger partial charge in [0.15, 0.2) is 0 Å². The number of primary sulfonamides is 1. The molecule has 2 N–H and O–H groups in total. The second-order valence-corrected chi connectivity index (χ2v) is 5.25. The summed E-state index contributed by atoms with van der Waals surface area (Å²) in [7, 11) is -3.77. The number of aryl methyl sites for hydroxylation is 1. The van der Waals surface area contributed by atoms with E-state index in [0.29, 0.717) is 4.47 Å². The third-order valence-corrected chi connectivity index (χ3v) is 4.23. The van der Waals surface area contributed by atoms with Crippen molar-refractivity contribution < 1.29 is 8.42 Å². The van der Waals surface area contributed by atoms with E-state index in [9.17, 15) is 8.42 Å². The van der Waals surface area contributed by atoms with Gasteiger partial charge in [0.25, 0.3) is 0 Å². The first-order valence-electron chi connectivity index (χ1n) is 3.31. The first-order chi connectivity index (χ1) is 5.84. The van der Waals surface area contributed by atoms with Crippen molar-refractivity contribution in [1.82, 2.24) is 0 Å². The molecule has 6 heteroatoms. The van der Waals surface area contributed by atoms with Crippen molar-refractivity contribution >= 4 is 37.6 Å². The maximum absolute atomic E-state index is 11.1. The summed E-state index contributed by atoms with van der Waals surface area (Å²) in [6, 6.07) is 3.21. The van der Waals surface area contributed by atoms with Gasteiger partial charge < -0.3 is 0 Å². The molecule has 0 aliphatic rings. The zero-order valence-electron chi connectivity index (χ0n) is 6.71. The van der Waals surface area contributed by atoms with Gasteiger partial charge in [0.1, 0.15) is 4.90 Å². The van der Waals surface area contributed by atoms with Crippen LogP contribution in [0.15, 0.2) is 21.5 Å². The second kappa shape index (κ2) is 3.57. The minimum absolute atomic E-state index is 0.0610. The van der Waals surface area contributed by atoms with Crippen molar-refractivity contribution in [1.29, 1.82) is 0 Å². The molecule has 3 nitrogen and oxygen atoms in total. The number of halogens is 2. The van der Waals surface area contributed by atoms with Crippen molar-refractivity contribution in [3.05, 3.63) is 27.2 Å². The molecule has 0 spiro atoms. The van der Waals surface area contributed by atoms with E-state index in [1.165, 1.54) is 6.07 Å². The van der Waals surface area contributed by atoms with Crippen molar-refractivity contribution in [2.45, 2.75) is 11.8 Å². The highest BCUT2D eigenvalue weighted by atomic mass is 79.9. The highest BCUT2D eigenvalue weighted by Gasteiger charge is 2.18. The van der Waals surface area contributed by atoms with Crippen LogP contribution in [-0.2, 0) is 10.0 Å². The van der Waals surface area contributed by atoms with Crippen molar-refractivity contribution in [2.24, 2.45) is 5.14 Å². The Morgan fingerprint density at radius 2 is 2.00 bits per heavy atom. The van der Waals surface area contributed by atoms with E-state index in [2.05, 4.69) is 15.9 Å². The zero-order valence-corrected chi connectivity index (χ0v) is 9.87. The minimum atomic E-state index is -3.77. The van der Waals surface area contributed by atoms with Crippen LogP contribution in [0.4, 0.5) is 0 Å². The lowest BCUT2D eigenvalue weighted by Gasteiger charge is -2.06. The summed E-state index contributed by atoms with van der Waals surface area (Å²) in [5, 5.41) is 5.11. The molecule has 1 rings (SSSR count). The van der Waals surface area contributed by atoms with Gasteiger partial charge in [-0.05, 0) is 34.5 Å². The molecule has 0 atom stereocenters. The molecule has 0 radical (unpaired) electrons. The van der Waals surface area contributed by atoms with E-state index >= 15 is 0 Å². The van der Waals surface area contributed by atoms with E-state index in [-0.39, 0.29) is 9.92 Å². The molecule has 0 aliphatic heterocycles. The number of rotatable bonds is 1. The number of hydrogen-bond acceptors (Lipinski definition) is 2. The highest BCUT2D eigenvalue weighted by molar-refractivity contribution is 9.10. The third-order valence-electron chi connectivity index (χ3n) is 1.53. The molecule has 0 aliphatic carbocycles. The summed E-state index contributed by atoms with van der Waals surface area (Å²) in [5.74, 6) is 0. The summed E-state index contributed by atoms with van der Waals surface area (Å²) >= 11 is 8.82. The van der Waals surface area contributed by atoms with Gasteiger partial charge in [0, 0.05) is 4.47 Å². The third kappa shape index (κ3) is 2.22. The average Bonchev–Trinajstić information content (AvgIpc) is 1.95. The van der Waals surface area contributed by atoms with Gasteiger partial charge in [-0.2, -0.15) is 0 Å². The van der Waals surface area contributed by atoms with Crippen LogP contribution in [0.3, 0.4) is 0 Å². The predicted molar refractivity (Wildman–Crippen MR) is 55.3 cm³/mol. The molecule has 13 heavy (non-hydrogen) atoms. The zero-order chi connectivity index (χ0) is 10.2. The molecule has 0 heterocycles. The molecule has 0 saturated heterocycles. The van der Waals surface area contributed by atoms with Crippen LogP contribution in [0, 0.1) is 6.92 Å². The van der Waals surface area contributed by atoms with Gasteiger partial charge in [-0.3, -0.25) is 0 Å². The van der Waals surface area contributed by atoms with E-state index in [1.54, 1.807) is 13.0 Å². The van der Waals surface area contributed by atoms with Gasteiger partial charge in [-0.15, -0.1) is 0 Å². The van der Waals surface area contributed by atoms with Crippen LogP contribution in [-0.4, -0.2) is 8.42 Å². The molecule has 0 aromatic heterocycles. The quantitative estimate of drug-likeness (QED) is 0.858. The standard InChI is InChI=1S/C7H7BrClNO2S/c1-4-2-3-5(9)7(6(4)8)13(10,11)12/h2-3H,1H3,(H2,10,11,12). The summed E-state index contributed by atoms with van der Waals surface area (Å²) in [6.45, 7) is 1.76. The van der Waals surface area contributed by atoms with Crippen LogP contribution in [0.5, 0.6) is 0 Å². The topological polar surface area (TPSA) is 60.2 Å². The van der Waals surface area contributed by atoms with Crippen molar-refractivity contribution in [3.63, 3.8) is 0 Å². The molecule has 1 aromatic carbocycles. The Hall–Kier alpha value is -0.100. The molecular weight excluding hydrogens is 278 g/mol. The van der Waals surface area contributed by atoms with Crippen molar-refractivity contribution in [2.75, 3.05) is 0 Å². The molecule has 1 aromatic rings. The van der Waals surface area contributed by atoms with Crippen molar-refractivity contribution in [3.8, 4) is 0 Å². The molecule has 0 fully saturated rings. The SMILES string of the molecule is Cc1ccc(Cl)c(S(N)(=O)=O)c1Br. The largest absolute Gasteiger partial charge is 0.240 e. The lowest BCUT2D eigenvalue weighted by molar-refractivity contribution is 0.597. The van der Waals surface area contributed by atoms with E-state index in [4.69, 9.17) is 16.7 Å². The molecule has 72 valence electrons. The Kier molecular flexibility index (Phi) is 3.01. The fourth-order valence-electron chi connectivity index (χ4n) is 0.892. The second-order valence-electron chi connectivity index (χ2n) is 2.55. The summed E-state index contributed by atoms with van der Waals surface area (Å²) in [4.78, 5) is -0.0610. The smallest absolute Gasteiger partial charge is 0.225 e. The number of nitrogens with two attached hydrogens (primary N) is 1. The predicted octanol–water partition coefficient (Wildman–Crippen LogP) is 2.06. The Morgan fingerprint density at radius 3 is 2.38 bits per heavy atom. The number of hydrogen-bond donors (Lipinski definition) is 1. The summed E-state index contributed by atoms with van der Waals surface area (Å²) in [6.07, 6.45) is 0. The van der Waals surface area contributed by atoms with Crippen LogP contribution in [0.2, 0.25) is 5.02 Å². The van der Waals surface area contributed by atoms with Crippen LogP contribution in [0.25, 0.3) is 0 Å². The monoisotopic (exact) mass is 283 g/mol. The number of benzene rings is 1. The van der Waals surface area contributed by atoms with E-state index in [0.717, 1.165) is 5.56 Å². The fraction of sp³-hybridized carbons (Fsp3) is 0.143. The van der Waals surface area contributed by atoms with Gasteiger partial charge in [-0.1, -0.05) is 17.7 Å². The average molecular weight is 285 g/mol. The first kappa shape index (κ1) is 11.0. The molecule has 0 bridgehead atoms. The van der Waals surface area contributed by atoms with Crippen LogP contribution in [0.1, 0.15) is 5.56 Å². The normalized spacial score (nSPS) is 11.7. The van der Waals surface area contributed by atoms with E-state index in [1.807, 2.05) is 0 Å².